The Morgan fingerprint density at radius 2 is 2.14 bits per heavy atom. The number of rotatable bonds is 5. The molecule has 4 nitrogen and oxygen atoms in total. The second kappa shape index (κ2) is 5.10. The highest BCUT2D eigenvalue weighted by atomic mass is 16.5. The van der Waals surface area contributed by atoms with Crippen LogP contribution in [0, 0.1) is 0 Å². The molecule has 0 aromatic carbocycles. The second-order valence-electron chi connectivity index (χ2n) is 3.70. The average molecular weight is 197 g/mol. The van der Waals surface area contributed by atoms with E-state index in [0.717, 1.165) is 19.3 Å². The number of nitrogens with two attached hydrogens (primary N) is 1. The van der Waals surface area contributed by atoms with Gasteiger partial charge in [0.25, 0.3) is 0 Å². The maximum Gasteiger partial charge on any atom is 0.229 e. The number of aromatic nitrogens is 2. The quantitative estimate of drug-likeness (QED) is 0.787. The summed E-state index contributed by atoms with van der Waals surface area (Å²) < 4.78 is 5.14. The molecule has 0 aliphatic rings. The molecule has 0 amide bonds. The molecule has 0 spiro atoms. The van der Waals surface area contributed by atoms with Crippen molar-refractivity contribution in [3.63, 3.8) is 0 Å². The van der Waals surface area contributed by atoms with Gasteiger partial charge in [-0.15, -0.1) is 0 Å². The molecule has 0 saturated carbocycles. The minimum absolute atomic E-state index is 0.0819. The first kappa shape index (κ1) is 11.2. The van der Waals surface area contributed by atoms with Gasteiger partial charge in [-0.3, -0.25) is 0 Å². The number of hydrogen-bond donors (Lipinski definition) is 1. The summed E-state index contributed by atoms with van der Waals surface area (Å²) in [7, 11) is 0. The van der Waals surface area contributed by atoms with Gasteiger partial charge < -0.3 is 10.3 Å². The van der Waals surface area contributed by atoms with Crippen LogP contribution in [-0.2, 0) is 0 Å². The maximum absolute atomic E-state index is 5.88. The number of hydrogen-bond acceptors (Lipinski definition) is 4. The topological polar surface area (TPSA) is 64.9 Å². The second-order valence-corrected chi connectivity index (χ2v) is 3.70. The van der Waals surface area contributed by atoms with Gasteiger partial charge in [-0.05, 0) is 12.8 Å². The first-order valence-electron chi connectivity index (χ1n) is 5.28. The first-order valence-corrected chi connectivity index (χ1v) is 5.28. The van der Waals surface area contributed by atoms with Crippen molar-refractivity contribution in [2.24, 2.45) is 5.73 Å². The Hall–Kier alpha value is -0.900. The molecular weight excluding hydrogens is 178 g/mol. The molecule has 0 bridgehead atoms. The summed E-state index contributed by atoms with van der Waals surface area (Å²) in [6, 6.07) is -0.0819. The Morgan fingerprint density at radius 1 is 1.43 bits per heavy atom. The Labute approximate surface area is 84.9 Å². The van der Waals surface area contributed by atoms with E-state index in [1.807, 2.05) is 0 Å². The lowest BCUT2D eigenvalue weighted by Crippen LogP contribution is -2.11. The van der Waals surface area contributed by atoms with Gasteiger partial charge in [-0.1, -0.05) is 32.3 Å². The zero-order valence-corrected chi connectivity index (χ0v) is 9.16. The molecular formula is C10H19N3O. The third kappa shape index (κ3) is 2.54. The predicted octanol–water partition coefficient (Wildman–Crippen LogP) is 2.38. The largest absolute Gasteiger partial charge is 0.339 e. The van der Waals surface area contributed by atoms with Crippen LogP contribution >= 0.6 is 0 Å². The highest BCUT2D eigenvalue weighted by Gasteiger charge is 2.16. The van der Waals surface area contributed by atoms with Crippen LogP contribution in [0.25, 0.3) is 0 Å². The van der Waals surface area contributed by atoms with Crippen LogP contribution in [-0.4, -0.2) is 10.1 Å². The molecule has 2 atom stereocenters. The van der Waals surface area contributed by atoms with E-state index < -0.39 is 0 Å². The predicted molar refractivity (Wildman–Crippen MR) is 54.8 cm³/mol. The summed E-state index contributed by atoms with van der Waals surface area (Å²) in [5.41, 5.74) is 5.88. The molecule has 1 aromatic rings. The van der Waals surface area contributed by atoms with Crippen LogP contribution in [0.15, 0.2) is 4.52 Å². The monoisotopic (exact) mass is 197 g/mol. The van der Waals surface area contributed by atoms with Crippen molar-refractivity contribution in [3.05, 3.63) is 11.7 Å². The first-order chi connectivity index (χ1) is 6.69. The fraction of sp³-hybridized carbons (Fsp3) is 0.800. The summed E-state index contributed by atoms with van der Waals surface area (Å²) in [6.45, 7) is 6.26. The van der Waals surface area contributed by atoms with E-state index in [1.54, 1.807) is 0 Å². The van der Waals surface area contributed by atoms with Crippen LogP contribution in [0.4, 0.5) is 0 Å². The lowest BCUT2D eigenvalue weighted by Gasteiger charge is -2.03. The van der Waals surface area contributed by atoms with Crippen LogP contribution in [0.2, 0.25) is 0 Å². The van der Waals surface area contributed by atoms with E-state index in [9.17, 15) is 0 Å². The summed E-state index contributed by atoms with van der Waals surface area (Å²) in [4.78, 5) is 4.30. The highest BCUT2D eigenvalue weighted by molar-refractivity contribution is 4.96. The Kier molecular flexibility index (Phi) is 4.07. The molecule has 4 heteroatoms. The number of nitrogens with zero attached hydrogens (tertiary/aromatic N) is 2. The van der Waals surface area contributed by atoms with Crippen LogP contribution in [0.5, 0.6) is 0 Å². The van der Waals surface area contributed by atoms with Gasteiger partial charge in [0.05, 0.1) is 6.04 Å². The Balaban J connectivity index is 2.67. The molecule has 80 valence electrons. The summed E-state index contributed by atoms with van der Waals surface area (Å²) >= 11 is 0. The van der Waals surface area contributed by atoms with Crippen LogP contribution < -0.4 is 5.73 Å². The van der Waals surface area contributed by atoms with Crippen molar-refractivity contribution < 1.29 is 4.52 Å². The molecule has 0 radical (unpaired) electrons. The lowest BCUT2D eigenvalue weighted by atomic mass is 10.1. The van der Waals surface area contributed by atoms with Gasteiger partial charge in [0.2, 0.25) is 5.89 Å². The maximum atomic E-state index is 5.88. The normalized spacial score (nSPS) is 15.4. The minimum atomic E-state index is -0.0819. The smallest absolute Gasteiger partial charge is 0.229 e. The van der Waals surface area contributed by atoms with E-state index in [2.05, 4.69) is 30.9 Å². The third-order valence-corrected chi connectivity index (χ3v) is 2.42. The molecule has 0 fully saturated rings. The molecule has 2 unspecified atom stereocenters. The van der Waals surface area contributed by atoms with E-state index >= 15 is 0 Å². The molecule has 1 heterocycles. The summed E-state index contributed by atoms with van der Waals surface area (Å²) in [5.74, 6) is 1.67. The standard InChI is InChI=1S/C10H19N3O/c1-4-6-8(11)9-12-10(14-13-9)7(3)5-2/h7-8H,4-6,11H2,1-3H3. The minimum Gasteiger partial charge on any atom is -0.339 e. The average Bonchev–Trinajstić information content (AvgIpc) is 2.66. The van der Waals surface area contributed by atoms with Crippen molar-refractivity contribution in [1.82, 2.24) is 10.1 Å². The summed E-state index contributed by atoms with van der Waals surface area (Å²) in [5, 5.41) is 3.89. The van der Waals surface area contributed by atoms with Gasteiger partial charge in [0.15, 0.2) is 5.82 Å². The molecule has 0 aliphatic carbocycles. The van der Waals surface area contributed by atoms with Gasteiger partial charge in [-0.25, -0.2) is 0 Å². The Bertz CT molecular complexity index is 272. The molecule has 1 aromatic heterocycles. The summed E-state index contributed by atoms with van der Waals surface area (Å²) in [6.07, 6.45) is 2.94. The van der Waals surface area contributed by atoms with Crippen molar-refractivity contribution in [1.29, 1.82) is 0 Å². The lowest BCUT2D eigenvalue weighted by molar-refractivity contribution is 0.349. The van der Waals surface area contributed by atoms with E-state index in [4.69, 9.17) is 10.3 Å². The van der Waals surface area contributed by atoms with Crippen LogP contribution in [0.1, 0.15) is 63.7 Å². The third-order valence-electron chi connectivity index (χ3n) is 2.42. The van der Waals surface area contributed by atoms with Crippen molar-refractivity contribution in [2.75, 3.05) is 0 Å². The van der Waals surface area contributed by atoms with Gasteiger partial charge in [-0.2, -0.15) is 4.98 Å². The van der Waals surface area contributed by atoms with Gasteiger partial charge in [0, 0.05) is 5.92 Å². The van der Waals surface area contributed by atoms with Crippen molar-refractivity contribution in [3.8, 4) is 0 Å². The SMILES string of the molecule is CCCC(N)c1noc(C(C)CC)n1. The van der Waals surface area contributed by atoms with E-state index in [-0.39, 0.29) is 6.04 Å². The molecule has 0 saturated heterocycles. The Morgan fingerprint density at radius 3 is 2.71 bits per heavy atom. The molecule has 14 heavy (non-hydrogen) atoms. The highest BCUT2D eigenvalue weighted by Crippen LogP contribution is 2.19. The zero-order chi connectivity index (χ0) is 10.6. The van der Waals surface area contributed by atoms with E-state index in [1.165, 1.54) is 0 Å². The fourth-order valence-electron chi connectivity index (χ4n) is 1.21. The van der Waals surface area contributed by atoms with Gasteiger partial charge >= 0.3 is 0 Å². The van der Waals surface area contributed by atoms with Crippen molar-refractivity contribution in [2.45, 2.75) is 52.0 Å². The molecule has 1 rings (SSSR count). The molecule has 0 aliphatic heterocycles. The van der Waals surface area contributed by atoms with Crippen LogP contribution in [0.3, 0.4) is 0 Å². The molecule has 2 N–H and O–H groups in total. The van der Waals surface area contributed by atoms with Gasteiger partial charge in [0.1, 0.15) is 0 Å². The van der Waals surface area contributed by atoms with Crippen molar-refractivity contribution >= 4 is 0 Å². The van der Waals surface area contributed by atoms with E-state index in [0.29, 0.717) is 17.6 Å². The fourth-order valence-corrected chi connectivity index (χ4v) is 1.21. The zero-order valence-electron chi connectivity index (χ0n) is 9.16.